The van der Waals surface area contributed by atoms with E-state index in [1.54, 1.807) is 22.3 Å². The molecule has 9 heteroatoms. The van der Waals surface area contributed by atoms with E-state index in [0.29, 0.717) is 24.6 Å². The van der Waals surface area contributed by atoms with Crippen molar-refractivity contribution in [3.05, 3.63) is 41.7 Å². The maximum absolute atomic E-state index is 13.0. The molecule has 2 aliphatic heterocycles. The van der Waals surface area contributed by atoms with Gasteiger partial charge in [-0.05, 0) is 30.0 Å². The van der Waals surface area contributed by atoms with Crippen LogP contribution in [0.5, 0.6) is 0 Å². The number of thiophene rings is 1. The second-order valence-electron chi connectivity index (χ2n) is 6.46. The van der Waals surface area contributed by atoms with E-state index in [1.165, 1.54) is 12.4 Å². The number of likely N-dealkylation sites (tertiary alicyclic amines) is 1. The number of nitrogens with zero attached hydrogens (tertiary/aromatic N) is 3. The number of halogens is 1. The Morgan fingerprint density at radius 2 is 2.30 bits per heavy atom. The summed E-state index contributed by atoms with van der Waals surface area (Å²) in [7, 11) is 0. The average molecular weight is 386 g/mol. The third-order valence-corrected chi connectivity index (χ3v) is 5.53. The van der Waals surface area contributed by atoms with E-state index in [0.717, 1.165) is 17.0 Å². The molecule has 4 rings (SSSR count). The highest BCUT2D eigenvalue weighted by Crippen LogP contribution is 2.28. The van der Waals surface area contributed by atoms with Crippen molar-refractivity contribution in [3.8, 4) is 10.6 Å². The third-order valence-electron chi connectivity index (χ3n) is 4.63. The Labute approximate surface area is 159 Å². The van der Waals surface area contributed by atoms with E-state index in [4.69, 9.17) is 5.73 Å². The molecule has 2 atom stereocenters. The van der Waals surface area contributed by atoms with Crippen molar-refractivity contribution in [3.63, 3.8) is 0 Å². The number of allylic oxidation sites excluding steroid dienone is 1. The van der Waals surface area contributed by atoms with Gasteiger partial charge in [0.1, 0.15) is 6.17 Å². The number of hydrogen-bond donors (Lipinski definition) is 3. The van der Waals surface area contributed by atoms with Crippen molar-refractivity contribution < 1.29 is 9.18 Å². The fourth-order valence-electron chi connectivity index (χ4n) is 3.20. The van der Waals surface area contributed by atoms with Gasteiger partial charge in [0.05, 0.1) is 22.5 Å². The number of nitrogens with one attached hydrogen (secondary N) is 2. The molecular weight excluding hydrogens is 367 g/mol. The monoisotopic (exact) mass is 386 g/mol. The van der Waals surface area contributed by atoms with Crippen LogP contribution in [0.4, 0.5) is 20.7 Å². The van der Waals surface area contributed by atoms with E-state index in [9.17, 15) is 9.18 Å². The lowest BCUT2D eigenvalue weighted by Crippen LogP contribution is -2.38. The molecule has 2 unspecified atom stereocenters. The topological polar surface area (TPSA) is 95.6 Å². The van der Waals surface area contributed by atoms with E-state index in [1.807, 2.05) is 23.6 Å². The molecule has 140 valence electrons. The minimum atomic E-state index is -0.397. The van der Waals surface area contributed by atoms with Crippen LogP contribution < -0.4 is 16.4 Å². The van der Waals surface area contributed by atoms with Crippen LogP contribution in [0.1, 0.15) is 6.42 Å². The van der Waals surface area contributed by atoms with E-state index in [2.05, 4.69) is 20.6 Å². The van der Waals surface area contributed by atoms with Crippen molar-refractivity contribution in [1.29, 1.82) is 0 Å². The first kappa shape index (κ1) is 17.5. The smallest absolute Gasteiger partial charge is 0.323 e. The normalized spacial score (nSPS) is 21.7. The zero-order chi connectivity index (χ0) is 18.8. The summed E-state index contributed by atoms with van der Waals surface area (Å²) in [6.07, 6.45) is 3.09. The Morgan fingerprint density at radius 1 is 1.41 bits per heavy atom. The van der Waals surface area contributed by atoms with Crippen LogP contribution in [-0.4, -0.2) is 41.4 Å². The molecule has 0 saturated carbocycles. The first-order valence-corrected chi connectivity index (χ1v) is 9.49. The number of anilines is 2. The molecule has 0 bridgehead atoms. The van der Waals surface area contributed by atoms with Gasteiger partial charge in [-0.15, -0.1) is 11.3 Å². The summed E-state index contributed by atoms with van der Waals surface area (Å²) in [6.45, 7) is 1.13. The second-order valence-corrected chi connectivity index (χ2v) is 7.40. The van der Waals surface area contributed by atoms with Crippen LogP contribution in [0.25, 0.3) is 10.6 Å². The van der Waals surface area contributed by atoms with Crippen molar-refractivity contribution in [2.24, 2.45) is 10.9 Å². The summed E-state index contributed by atoms with van der Waals surface area (Å²) < 4.78 is 13.0. The minimum absolute atomic E-state index is 0.124. The maximum atomic E-state index is 13.0. The fourth-order valence-corrected chi connectivity index (χ4v) is 3.89. The molecule has 2 aromatic rings. The second kappa shape index (κ2) is 7.36. The van der Waals surface area contributed by atoms with Crippen LogP contribution in [0, 0.1) is 5.92 Å². The highest BCUT2D eigenvalue weighted by molar-refractivity contribution is 7.13. The molecule has 2 amide bonds. The largest absolute Gasteiger partial charge is 0.396 e. The number of rotatable bonds is 3. The molecule has 27 heavy (non-hydrogen) atoms. The zero-order valence-corrected chi connectivity index (χ0v) is 15.2. The van der Waals surface area contributed by atoms with Gasteiger partial charge in [-0.2, -0.15) is 0 Å². The Hall–Kier alpha value is -2.94. The average Bonchev–Trinajstić information content (AvgIpc) is 3.36. The summed E-state index contributed by atoms with van der Waals surface area (Å²) in [4.78, 5) is 24.0. The Bertz CT molecular complexity index is 897. The lowest BCUT2D eigenvalue weighted by atomic mass is 10.1. The lowest BCUT2D eigenvalue weighted by molar-refractivity contribution is 0.219. The van der Waals surface area contributed by atoms with Crippen molar-refractivity contribution >= 4 is 35.1 Å². The zero-order valence-electron chi connectivity index (χ0n) is 14.4. The quantitative estimate of drug-likeness (QED) is 0.755. The SMILES string of the molecule is Nc1ccc(-c2cccs2)nc1NC(=O)N1CCC(C2N=CC(F)=CN2)C1. The van der Waals surface area contributed by atoms with Gasteiger partial charge < -0.3 is 16.0 Å². The molecule has 0 spiro atoms. The van der Waals surface area contributed by atoms with E-state index < -0.39 is 5.83 Å². The van der Waals surface area contributed by atoms with Gasteiger partial charge in [-0.3, -0.25) is 10.3 Å². The summed E-state index contributed by atoms with van der Waals surface area (Å²) in [5.74, 6) is 0.0818. The van der Waals surface area contributed by atoms with Crippen LogP contribution in [-0.2, 0) is 0 Å². The van der Waals surface area contributed by atoms with Gasteiger partial charge in [0, 0.05) is 25.2 Å². The van der Waals surface area contributed by atoms with Crippen molar-refractivity contribution in [2.75, 3.05) is 24.1 Å². The molecule has 0 aromatic carbocycles. The Balaban J connectivity index is 1.41. The standard InChI is InChI=1S/C18H19FN6OS/c19-12-8-21-16(22-9-12)11-5-6-25(10-11)18(26)24-17-13(20)3-4-14(23-17)15-2-1-7-27-15/h1-4,7-9,11,16,21H,5-6,10,20H2,(H,23,24,26). The molecule has 2 aliphatic rings. The first-order chi connectivity index (χ1) is 13.1. The number of amides is 2. The van der Waals surface area contributed by atoms with Gasteiger partial charge in [0.25, 0.3) is 0 Å². The molecule has 4 N–H and O–H groups in total. The van der Waals surface area contributed by atoms with Gasteiger partial charge in [0.15, 0.2) is 11.6 Å². The minimum Gasteiger partial charge on any atom is -0.396 e. The Morgan fingerprint density at radius 3 is 3.04 bits per heavy atom. The highest BCUT2D eigenvalue weighted by atomic mass is 32.1. The summed E-state index contributed by atoms with van der Waals surface area (Å²) >= 11 is 1.57. The predicted octanol–water partition coefficient (Wildman–Crippen LogP) is 3.06. The highest BCUT2D eigenvalue weighted by Gasteiger charge is 2.32. The van der Waals surface area contributed by atoms with Crippen LogP contribution in [0.15, 0.2) is 46.7 Å². The number of nitrogen functional groups attached to an aromatic ring is 1. The molecule has 1 saturated heterocycles. The number of carbonyl (C=O) groups is 1. The Kier molecular flexibility index (Phi) is 4.76. The summed E-state index contributed by atoms with van der Waals surface area (Å²) in [5, 5.41) is 7.71. The first-order valence-electron chi connectivity index (χ1n) is 8.61. The predicted molar refractivity (Wildman–Crippen MR) is 105 cm³/mol. The fraction of sp³-hybridized carbons (Fsp3) is 0.278. The van der Waals surface area contributed by atoms with Crippen LogP contribution in [0.2, 0.25) is 0 Å². The number of aromatic nitrogens is 1. The molecule has 0 aliphatic carbocycles. The molecular formula is C18H19FN6OS. The van der Waals surface area contributed by atoms with Gasteiger partial charge in [0.2, 0.25) is 0 Å². The third kappa shape index (κ3) is 3.77. The van der Waals surface area contributed by atoms with Crippen molar-refractivity contribution in [1.82, 2.24) is 15.2 Å². The van der Waals surface area contributed by atoms with Crippen LogP contribution in [0.3, 0.4) is 0 Å². The summed E-state index contributed by atoms with van der Waals surface area (Å²) in [6, 6.07) is 7.24. The van der Waals surface area contributed by atoms with E-state index in [-0.39, 0.29) is 18.1 Å². The molecule has 2 aromatic heterocycles. The molecule has 0 radical (unpaired) electrons. The van der Waals surface area contributed by atoms with E-state index >= 15 is 0 Å². The number of nitrogens with two attached hydrogens (primary N) is 1. The van der Waals surface area contributed by atoms with Crippen LogP contribution >= 0.6 is 11.3 Å². The van der Waals surface area contributed by atoms with Crippen molar-refractivity contribution in [2.45, 2.75) is 12.6 Å². The van der Waals surface area contributed by atoms with Gasteiger partial charge in [-0.25, -0.2) is 14.2 Å². The van der Waals surface area contributed by atoms with Gasteiger partial charge in [-0.1, -0.05) is 6.07 Å². The number of pyridine rings is 1. The maximum Gasteiger partial charge on any atom is 0.323 e. The molecule has 4 heterocycles. The number of aliphatic imine (C=N–C) groups is 1. The summed E-state index contributed by atoms with van der Waals surface area (Å²) in [5.41, 5.74) is 7.17. The lowest BCUT2D eigenvalue weighted by Gasteiger charge is -2.23. The number of hydrogen-bond acceptors (Lipinski definition) is 6. The molecule has 7 nitrogen and oxygen atoms in total. The number of carbonyl (C=O) groups excluding carboxylic acids is 1. The number of urea groups is 1. The van der Waals surface area contributed by atoms with Gasteiger partial charge >= 0.3 is 6.03 Å². The molecule has 1 fully saturated rings.